The third-order valence-electron chi connectivity index (χ3n) is 3.72. The van der Waals surface area contributed by atoms with E-state index in [0.29, 0.717) is 16.6 Å². The minimum atomic E-state index is -0.549. The Morgan fingerprint density at radius 3 is 2.48 bits per heavy atom. The van der Waals surface area contributed by atoms with E-state index in [1.807, 2.05) is 36.4 Å². The average molecular weight is 321 g/mol. The van der Waals surface area contributed by atoms with Gasteiger partial charge in [-0.2, -0.15) is 0 Å². The van der Waals surface area contributed by atoms with Crippen LogP contribution in [0.4, 0.5) is 0 Å². The number of carbonyl (C=O) groups excluding carboxylic acids is 1. The van der Waals surface area contributed by atoms with Crippen molar-refractivity contribution in [3.8, 4) is 0 Å². The topological polar surface area (TPSA) is 46.3 Å². The molecule has 0 unspecified atom stereocenters. The molecule has 1 heterocycles. The van der Waals surface area contributed by atoms with Crippen LogP contribution in [0.15, 0.2) is 48.5 Å². The van der Waals surface area contributed by atoms with Crippen LogP contribution in [0.2, 0.25) is 10.0 Å². The lowest BCUT2D eigenvalue weighted by atomic mass is 9.88. The van der Waals surface area contributed by atoms with E-state index in [4.69, 9.17) is 28.9 Å². The molecule has 3 nitrogen and oxygen atoms in total. The minimum absolute atomic E-state index is 0.0603. The number of hydrogen-bond acceptors (Lipinski definition) is 2. The molecule has 0 saturated carbocycles. The molecule has 1 fully saturated rings. The molecule has 1 amide bonds. The summed E-state index contributed by atoms with van der Waals surface area (Å²) >= 11 is 12.2. The van der Waals surface area contributed by atoms with Gasteiger partial charge in [-0.05, 0) is 23.3 Å². The molecule has 2 aromatic carbocycles. The minimum Gasteiger partial charge on any atom is -0.328 e. The zero-order valence-electron chi connectivity index (χ0n) is 11.2. The van der Waals surface area contributed by atoms with E-state index in [1.165, 1.54) is 0 Å². The molecule has 1 saturated heterocycles. The first kappa shape index (κ1) is 14.4. The van der Waals surface area contributed by atoms with Gasteiger partial charge in [0.05, 0.1) is 6.04 Å². The van der Waals surface area contributed by atoms with Crippen LogP contribution >= 0.6 is 23.2 Å². The molecule has 2 atom stereocenters. The molecule has 0 spiro atoms. The van der Waals surface area contributed by atoms with Crippen LogP contribution in [0.25, 0.3) is 0 Å². The van der Waals surface area contributed by atoms with Crippen LogP contribution in [0.1, 0.15) is 17.2 Å². The SMILES string of the molecule is N[C@H]1C(=O)N(Cc2ccccc2)[C@@H]1c1ccc(Cl)cc1Cl. The molecule has 3 rings (SSSR count). The van der Waals surface area contributed by atoms with Crippen molar-refractivity contribution in [3.63, 3.8) is 0 Å². The first-order valence-electron chi connectivity index (χ1n) is 6.63. The fourth-order valence-electron chi connectivity index (χ4n) is 2.63. The number of hydrogen-bond donors (Lipinski definition) is 1. The summed E-state index contributed by atoms with van der Waals surface area (Å²) < 4.78 is 0. The zero-order chi connectivity index (χ0) is 15.0. The van der Waals surface area contributed by atoms with Gasteiger partial charge in [0.1, 0.15) is 6.04 Å². The smallest absolute Gasteiger partial charge is 0.242 e. The lowest BCUT2D eigenvalue weighted by Gasteiger charge is -2.46. The fourth-order valence-corrected chi connectivity index (χ4v) is 3.15. The predicted octanol–water partition coefficient (Wildman–Crippen LogP) is 3.40. The first-order valence-corrected chi connectivity index (χ1v) is 7.38. The summed E-state index contributed by atoms with van der Waals surface area (Å²) in [7, 11) is 0. The number of rotatable bonds is 3. The molecule has 21 heavy (non-hydrogen) atoms. The summed E-state index contributed by atoms with van der Waals surface area (Å²) in [6, 6.07) is 14.3. The maximum Gasteiger partial charge on any atom is 0.242 e. The van der Waals surface area contributed by atoms with E-state index < -0.39 is 6.04 Å². The Morgan fingerprint density at radius 2 is 1.81 bits per heavy atom. The average Bonchev–Trinajstić information content (AvgIpc) is 2.49. The van der Waals surface area contributed by atoms with E-state index >= 15 is 0 Å². The van der Waals surface area contributed by atoms with Crippen LogP contribution in [-0.4, -0.2) is 16.8 Å². The van der Waals surface area contributed by atoms with Crippen LogP contribution in [0.5, 0.6) is 0 Å². The highest BCUT2D eigenvalue weighted by Crippen LogP contribution is 2.39. The highest BCUT2D eigenvalue weighted by atomic mass is 35.5. The van der Waals surface area contributed by atoms with E-state index in [-0.39, 0.29) is 11.9 Å². The van der Waals surface area contributed by atoms with Gasteiger partial charge >= 0.3 is 0 Å². The third-order valence-corrected chi connectivity index (χ3v) is 4.28. The van der Waals surface area contributed by atoms with Gasteiger partial charge in [-0.3, -0.25) is 4.79 Å². The lowest BCUT2D eigenvalue weighted by Crippen LogP contribution is -2.62. The predicted molar refractivity (Wildman–Crippen MR) is 84.2 cm³/mol. The molecule has 0 bridgehead atoms. The second-order valence-corrected chi connectivity index (χ2v) is 5.93. The van der Waals surface area contributed by atoms with Gasteiger partial charge < -0.3 is 10.6 Å². The largest absolute Gasteiger partial charge is 0.328 e. The molecule has 1 aliphatic heterocycles. The number of nitrogens with zero attached hydrogens (tertiary/aromatic N) is 1. The molecule has 5 heteroatoms. The van der Waals surface area contributed by atoms with Gasteiger partial charge in [-0.15, -0.1) is 0 Å². The summed E-state index contributed by atoms with van der Waals surface area (Å²) in [5, 5.41) is 1.10. The standard InChI is InChI=1S/C16H14Cl2N2O/c17-11-6-7-12(13(18)8-11)15-14(19)16(21)20(15)9-10-4-2-1-3-5-10/h1-8,14-15H,9,19H2/t14-,15-/m1/s1. The number of likely N-dealkylation sites (tertiary alicyclic amines) is 1. The van der Waals surface area contributed by atoms with Crippen molar-refractivity contribution in [2.45, 2.75) is 18.6 Å². The Bertz CT molecular complexity index is 675. The molecule has 2 N–H and O–H groups in total. The van der Waals surface area contributed by atoms with Crippen molar-refractivity contribution < 1.29 is 4.79 Å². The molecular weight excluding hydrogens is 307 g/mol. The van der Waals surface area contributed by atoms with Gasteiger partial charge in [0, 0.05) is 16.6 Å². The number of nitrogens with two attached hydrogens (primary N) is 1. The van der Waals surface area contributed by atoms with E-state index in [1.54, 1.807) is 17.0 Å². The maximum atomic E-state index is 12.1. The second-order valence-electron chi connectivity index (χ2n) is 5.09. The Kier molecular flexibility index (Phi) is 3.89. The summed E-state index contributed by atoms with van der Waals surface area (Å²) in [5.74, 6) is -0.0603. The van der Waals surface area contributed by atoms with Gasteiger partial charge in [0.25, 0.3) is 0 Å². The van der Waals surface area contributed by atoms with Crippen molar-refractivity contribution in [3.05, 3.63) is 69.7 Å². The Hall–Kier alpha value is -1.55. The normalized spacial score (nSPS) is 21.3. The molecule has 0 aromatic heterocycles. The summed E-state index contributed by atoms with van der Waals surface area (Å²) in [6.07, 6.45) is 0. The highest BCUT2D eigenvalue weighted by Gasteiger charge is 2.46. The van der Waals surface area contributed by atoms with E-state index in [2.05, 4.69) is 0 Å². The van der Waals surface area contributed by atoms with Crippen LogP contribution in [-0.2, 0) is 11.3 Å². The number of carbonyl (C=O) groups is 1. The zero-order valence-corrected chi connectivity index (χ0v) is 12.7. The quantitative estimate of drug-likeness (QED) is 0.881. The van der Waals surface area contributed by atoms with E-state index in [0.717, 1.165) is 11.1 Å². The Morgan fingerprint density at radius 1 is 1.10 bits per heavy atom. The molecule has 2 aromatic rings. The molecule has 0 radical (unpaired) electrons. The maximum absolute atomic E-state index is 12.1. The first-order chi connectivity index (χ1) is 10.1. The third kappa shape index (κ3) is 2.64. The monoisotopic (exact) mass is 320 g/mol. The Balaban J connectivity index is 1.88. The summed E-state index contributed by atoms with van der Waals surface area (Å²) in [4.78, 5) is 13.8. The van der Waals surface area contributed by atoms with Crippen LogP contribution in [0, 0.1) is 0 Å². The van der Waals surface area contributed by atoms with Crippen molar-refractivity contribution >= 4 is 29.1 Å². The Labute approximate surface area is 133 Å². The van der Waals surface area contributed by atoms with Crippen LogP contribution < -0.4 is 5.73 Å². The fraction of sp³-hybridized carbons (Fsp3) is 0.188. The van der Waals surface area contributed by atoms with Gasteiger partial charge in [-0.1, -0.05) is 59.6 Å². The van der Waals surface area contributed by atoms with Gasteiger partial charge in [-0.25, -0.2) is 0 Å². The lowest BCUT2D eigenvalue weighted by molar-refractivity contribution is -0.150. The number of benzene rings is 2. The van der Waals surface area contributed by atoms with Crippen molar-refractivity contribution in [2.75, 3.05) is 0 Å². The molecule has 0 aliphatic carbocycles. The summed E-state index contributed by atoms with van der Waals surface area (Å²) in [6.45, 7) is 0.525. The number of β-lactam (4-membered cyclic amide) rings is 1. The molecule has 1 aliphatic rings. The second kappa shape index (κ2) is 5.68. The van der Waals surface area contributed by atoms with Gasteiger partial charge in [0.2, 0.25) is 5.91 Å². The van der Waals surface area contributed by atoms with Crippen molar-refractivity contribution in [2.24, 2.45) is 5.73 Å². The van der Waals surface area contributed by atoms with Gasteiger partial charge in [0.15, 0.2) is 0 Å². The van der Waals surface area contributed by atoms with Crippen molar-refractivity contribution in [1.82, 2.24) is 4.90 Å². The van der Waals surface area contributed by atoms with E-state index in [9.17, 15) is 4.79 Å². The number of amides is 1. The molecule has 108 valence electrons. The van der Waals surface area contributed by atoms with Crippen LogP contribution in [0.3, 0.4) is 0 Å². The summed E-state index contributed by atoms with van der Waals surface area (Å²) in [5.41, 5.74) is 7.87. The number of halogens is 2. The molecular formula is C16H14Cl2N2O. The van der Waals surface area contributed by atoms with Crippen molar-refractivity contribution in [1.29, 1.82) is 0 Å². The highest BCUT2D eigenvalue weighted by molar-refractivity contribution is 6.35.